The standard InChI is InChI=1S/C20H25N3O2S/c1-14(2)23-19(24)13-26-18-6-4-3-5-17(18)20(25)22-12-11-15-7-9-16(21)10-8-15/h3-10,14H,11-13,21H2,1-2H3,(H,22,25)(H,23,24). The number of anilines is 1. The number of hydrogen-bond donors (Lipinski definition) is 3. The summed E-state index contributed by atoms with van der Waals surface area (Å²) in [5.74, 6) is 0.116. The Bertz CT molecular complexity index is 745. The van der Waals surface area contributed by atoms with E-state index in [0.717, 1.165) is 22.6 Å². The maximum atomic E-state index is 12.5. The van der Waals surface area contributed by atoms with Gasteiger partial charge in [-0.05, 0) is 50.1 Å². The van der Waals surface area contributed by atoms with Crippen LogP contribution < -0.4 is 16.4 Å². The van der Waals surface area contributed by atoms with E-state index in [9.17, 15) is 9.59 Å². The molecule has 0 unspecified atom stereocenters. The maximum absolute atomic E-state index is 12.5. The third-order valence-electron chi connectivity index (χ3n) is 3.62. The SMILES string of the molecule is CC(C)NC(=O)CSc1ccccc1C(=O)NCCc1ccc(N)cc1. The molecule has 6 heteroatoms. The van der Waals surface area contributed by atoms with Crippen molar-refractivity contribution < 1.29 is 9.59 Å². The van der Waals surface area contributed by atoms with Crippen LogP contribution in [0, 0.1) is 0 Å². The van der Waals surface area contributed by atoms with E-state index in [-0.39, 0.29) is 23.6 Å². The fraction of sp³-hybridized carbons (Fsp3) is 0.300. The Labute approximate surface area is 158 Å². The van der Waals surface area contributed by atoms with E-state index in [2.05, 4.69) is 10.6 Å². The van der Waals surface area contributed by atoms with Crippen molar-refractivity contribution in [2.75, 3.05) is 18.0 Å². The van der Waals surface area contributed by atoms with Crippen molar-refractivity contribution in [3.63, 3.8) is 0 Å². The monoisotopic (exact) mass is 371 g/mol. The number of hydrogen-bond acceptors (Lipinski definition) is 4. The topological polar surface area (TPSA) is 84.2 Å². The number of nitrogens with one attached hydrogen (secondary N) is 2. The molecule has 138 valence electrons. The molecule has 5 nitrogen and oxygen atoms in total. The fourth-order valence-corrected chi connectivity index (χ4v) is 3.25. The Morgan fingerprint density at radius 1 is 1.08 bits per heavy atom. The summed E-state index contributed by atoms with van der Waals surface area (Å²) >= 11 is 1.37. The zero-order valence-electron chi connectivity index (χ0n) is 15.1. The molecule has 0 atom stereocenters. The first-order valence-electron chi connectivity index (χ1n) is 8.59. The van der Waals surface area contributed by atoms with Crippen LogP contribution in [0.4, 0.5) is 5.69 Å². The van der Waals surface area contributed by atoms with Crippen molar-refractivity contribution in [3.8, 4) is 0 Å². The lowest BCUT2D eigenvalue weighted by molar-refractivity contribution is -0.119. The van der Waals surface area contributed by atoms with Crippen molar-refractivity contribution in [3.05, 3.63) is 59.7 Å². The molecule has 0 aliphatic carbocycles. The summed E-state index contributed by atoms with van der Waals surface area (Å²) in [5, 5.41) is 5.79. The van der Waals surface area contributed by atoms with Crippen molar-refractivity contribution in [2.45, 2.75) is 31.2 Å². The molecule has 2 aromatic rings. The van der Waals surface area contributed by atoms with Crippen molar-refractivity contribution >= 4 is 29.3 Å². The lowest BCUT2D eigenvalue weighted by Gasteiger charge is -2.11. The van der Waals surface area contributed by atoms with Gasteiger partial charge in [0.05, 0.1) is 11.3 Å². The van der Waals surface area contributed by atoms with Gasteiger partial charge in [-0.15, -0.1) is 11.8 Å². The van der Waals surface area contributed by atoms with Crippen LogP contribution in [0.2, 0.25) is 0 Å². The van der Waals surface area contributed by atoms with E-state index in [1.807, 2.05) is 56.3 Å². The van der Waals surface area contributed by atoms with Crippen molar-refractivity contribution in [1.82, 2.24) is 10.6 Å². The van der Waals surface area contributed by atoms with Crippen LogP contribution in [-0.2, 0) is 11.2 Å². The van der Waals surface area contributed by atoms with Gasteiger partial charge in [-0.1, -0.05) is 24.3 Å². The number of thioether (sulfide) groups is 1. The van der Waals surface area contributed by atoms with Crippen LogP contribution in [0.1, 0.15) is 29.8 Å². The lowest BCUT2D eigenvalue weighted by atomic mass is 10.1. The highest BCUT2D eigenvalue weighted by Crippen LogP contribution is 2.22. The Morgan fingerprint density at radius 2 is 1.77 bits per heavy atom. The van der Waals surface area contributed by atoms with Gasteiger partial charge in [0, 0.05) is 23.2 Å². The molecule has 2 amide bonds. The minimum atomic E-state index is -0.132. The van der Waals surface area contributed by atoms with Gasteiger partial charge < -0.3 is 16.4 Å². The first-order valence-corrected chi connectivity index (χ1v) is 9.58. The molecule has 2 rings (SSSR count). The number of carbonyl (C=O) groups is 2. The second-order valence-electron chi connectivity index (χ2n) is 6.25. The van der Waals surface area contributed by atoms with Gasteiger partial charge in [-0.25, -0.2) is 0 Å². The van der Waals surface area contributed by atoms with Crippen LogP contribution in [-0.4, -0.2) is 30.2 Å². The maximum Gasteiger partial charge on any atom is 0.252 e. The van der Waals surface area contributed by atoms with Gasteiger partial charge in [0.25, 0.3) is 5.91 Å². The molecule has 0 aliphatic heterocycles. The molecule has 26 heavy (non-hydrogen) atoms. The van der Waals surface area contributed by atoms with E-state index in [0.29, 0.717) is 12.1 Å². The number of nitrogens with two attached hydrogens (primary N) is 1. The highest BCUT2D eigenvalue weighted by Gasteiger charge is 2.12. The number of nitrogen functional groups attached to an aromatic ring is 1. The molecule has 4 N–H and O–H groups in total. The lowest BCUT2D eigenvalue weighted by Crippen LogP contribution is -2.31. The molecule has 0 saturated carbocycles. The summed E-state index contributed by atoms with van der Waals surface area (Å²) in [6.45, 7) is 4.38. The minimum absolute atomic E-state index is 0.0384. The van der Waals surface area contributed by atoms with E-state index < -0.39 is 0 Å². The zero-order valence-corrected chi connectivity index (χ0v) is 15.9. The van der Waals surface area contributed by atoms with Gasteiger partial charge in [0.15, 0.2) is 0 Å². The number of carbonyl (C=O) groups excluding carboxylic acids is 2. The summed E-state index contributed by atoms with van der Waals surface area (Å²) < 4.78 is 0. The summed E-state index contributed by atoms with van der Waals surface area (Å²) in [7, 11) is 0. The van der Waals surface area contributed by atoms with E-state index in [4.69, 9.17) is 5.73 Å². The highest BCUT2D eigenvalue weighted by atomic mass is 32.2. The highest BCUT2D eigenvalue weighted by molar-refractivity contribution is 8.00. The van der Waals surface area contributed by atoms with Gasteiger partial charge in [-0.3, -0.25) is 9.59 Å². The van der Waals surface area contributed by atoms with Crippen LogP contribution in [0.3, 0.4) is 0 Å². The second-order valence-corrected chi connectivity index (χ2v) is 7.27. The largest absolute Gasteiger partial charge is 0.399 e. The Balaban J connectivity index is 1.89. The average molecular weight is 372 g/mol. The molecular weight excluding hydrogens is 346 g/mol. The quantitative estimate of drug-likeness (QED) is 0.492. The van der Waals surface area contributed by atoms with Crippen molar-refractivity contribution in [1.29, 1.82) is 0 Å². The first-order chi connectivity index (χ1) is 12.5. The Kier molecular flexibility index (Phi) is 7.53. The molecule has 0 fully saturated rings. The normalized spacial score (nSPS) is 10.6. The molecule has 0 saturated heterocycles. The van der Waals surface area contributed by atoms with Gasteiger partial charge in [0.1, 0.15) is 0 Å². The molecule has 0 radical (unpaired) electrons. The van der Waals surface area contributed by atoms with Gasteiger partial charge in [0.2, 0.25) is 5.91 Å². The third-order valence-corrected chi connectivity index (χ3v) is 4.69. The first kappa shape index (κ1) is 19.8. The van der Waals surface area contributed by atoms with Crippen LogP contribution >= 0.6 is 11.8 Å². The molecule has 0 heterocycles. The number of rotatable bonds is 8. The predicted molar refractivity (Wildman–Crippen MR) is 107 cm³/mol. The van der Waals surface area contributed by atoms with E-state index >= 15 is 0 Å². The van der Waals surface area contributed by atoms with Crippen LogP contribution in [0.25, 0.3) is 0 Å². The molecular formula is C20H25N3O2S. The number of benzene rings is 2. The number of amides is 2. The molecule has 0 spiro atoms. The Morgan fingerprint density at radius 3 is 2.46 bits per heavy atom. The Hall–Kier alpha value is -2.47. The summed E-state index contributed by atoms with van der Waals surface area (Å²) in [4.78, 5) is 25.1. The van der Waals surface area contributed by atoms with E-state index in [1.54, 1.807) is 6.07 Å². The zero-order chi connectivity index (χ0) is 18.9. The second kappa shape index (κ2) is 9.87. The molecule has 0 aliphatic rings. The van der Waals surface area contributed by atoms with Crippen LogP contribution in [0.5, 0.6) is 0 Å². The summed E-state index contributed by atoms with van der Waals surface area (Å²) in [6.07, 6.45) is 0.734. The molecule has 2 aromatic carbocycles. The van der Waals surface area contributed by atoms with Crippen molar-refractivity contribution in [2.24, 2.45) is 0 Å². The molecule has 0 aromatic heterocycles. The third kappa shape index (κ3) is 6.44. The smallest absolute Gasteiger partial charge is 0.252 e. The summed E-state index contributed by atoms with van der Waals surface area (Å²) in [5.41, 5.74) is 8.11. The summed E-state index contributed by atoms with van der Waals surface area (Å²) in [6, 6.07) is 15.1. The van der Waals surface area contributed by atoms with Gasteiger partial charge >= 0.3 is 0 Å². The average Bonchev–Trinajstić information content (AvgIpc) is 2.61. The molecule has 0 bridgehead atoms. The predicted octanol–water partition coefficient (Wildman–Crippen LogP) is 2.86. The van der Waals surface area contributed by atoms with E-state index in [1.165, 1.54) is 11.8 Å². The minimum Gasteiger partial charge on any atom is -0.399 e. The van der Waals surface area contributed by atoms with Gasteiger partial charge in [-0.2, -0.15) is 0 Å². The van der Waals surface area contributed by atoms with Crippen LogP contribution in [0.15, 0.2) is 53.4 Å². The fourth-order valence-electron chi connectivity index (χ4n) is 2.39.